The molecule has 0 saturated carbocycles. The maximum Gasteiger partial charge on any atom is 0.242 e. The summed E-state index contributed by atoms with van der Waals surface area (Å²) in [6, 6.07) is 10.6. The second kappa shape index (κ2) is 12.5. The lowest BCUT2D eigenvalue weighted by Gasteiger charge is -2.29. The molecule has 0 saturated heterocycles. The minimum atomic E-state index is -3.80. The number of halogens is 2. The third kappa shape index (κ3) is 7.51. The van der Waals surface area contributed by atoms with E-state index in [2.05, 4.69) is 5.32 Å². The van der Waals surface area contributed by atoms with Crippen molar-refractivity contribution in [3.63, 3.8) is 0 Å². The van der Waals surface area contributed by atoms with Crippen LogP contribution in [0.1, 0.15) is 38.7 Å². The highest BCUT2D eigenvalue weighted by molar-refractivity contribution is 7.92. The number of carbonyl (C=O) groups excluding carboxylic acids is 2. The fraction of sp³-hybridized carbons (Fsp3) is 0.417. The number of hydrogen-bond donors (Lipinski definition) is 1. The number of rotatable bonds is 12. The molecule has 1 unspecified atom stereocenters. The highest BCUT2D eigenvalue weighted by Gasteiger charge is 2.27. The molecule has 0 aliphatic rings. The molecule has 0 aromatic heterocycles. The number of hydrogen-bond acceptors (Lipinski definition) is 4. The number of amides is 2. The topological polar surface area (TPSA) is 86.8 Å². The van der Waals surface area contributed by atoms with E-state index < -0.39 is 33.6 Å². The van der Waals surface area contributed by atoms with Gasteiger partial charge < -0.3 is 10.2 Å². The number of para-hydroxylation sites is 1. The third-order valence-electron chi connectivity index (χ3n) is 5.29. The molecule has 2 amide bonds. The Morgan fingerprint density at radius 1 is 1.03 bits per heavy atom. The van der Waals surface area contributed by atoms with Crippen LogP contribution in [0.15, 0.2) is 48.5 Å². The van der Waals surface area contributed by atoms with Gasteiger partial charge in [0.15, 0.2) is 0 Å². The fourth-order valence-corrected chi connectivity index (χ4v) is 4.39. The van der Waals surface area contributed by atoms with E-state index in [9.17, 15) is 26.8 Å². The smallest absolute Gasteiger partial charge is 0.242 e. The van der Waals surface area contributed by atoms with E-state index in [1.54, 1.807) is 13.0 Å². The van der Waals surface area contributed by atoms with E-state index in [-0.39, 0.29) is 43.1 Å². The first kappa shape index (κ1) is 27.2. The first-order valence-corrected chi connectivity index (χ1v) is 12.9. The van der Waals surface area contributed by atoms with Gasteiger partial charge in [-0.1, -0.05) is 37.3 Å². The molecular weight excluding hydrogens is 464 g/mol. The van der Waals surface area contributed by atoms with E-state index in [1.165, 1.54) is 41.3 Å². The first-order valence-electron chi connectivity index (χ1n) is 11.1. The van der Waals surface area contributed by atoms with Gasteiger partial charge in [-0.25, -0.2) is 17.2 Å². The zero-order chi connectivity index (χ0) is 25.3. The Balaban J connectivity index is 2.17. The molecule has 1 N–H and O–H groups in total. The Hall–Kier alpha value is -3.01. The standard InChI is InChI=1S/C24H31F2N3O4S/c1-4-15-27-24(31)18(2)28(17-19-10-5-6-11-20(19)25)23(30)14-9-16-29(34(3,32)33)22-13-8-7-12-21(22)26/h5-8,10-13,18H,4,9,14-17H2,1-3H3,(H,27,31). The molecule has 34 heavy (non-hydrogen) atoms. The van der Waals surface area contributed by atoms with Gasteiger partial charge in [-0.15, -0.1) is 0 Å². The Morgan fingerprint density at radius 3 is 2.24 bits per heavy atom. The van der Waals surface area contributed by atoms with Crippen LogP contribution < -0.4 is 9.62 Å². The molecule has 7 nitrogen and oxygen atoms in total. The summed E-state index contributed by atoms with van der Waals surface area (Å²) in [6.45, 7) is 3.66. The summed E-state index contributed by atoms with van der Waals surface area (Å²) in [5.74, 6) is -1.99. The van der Waals surface area contributed by atoms with Crippen LogP contribution in [-0.4, -0.2) is 50.5 Å². The Bertz CT molecular complexity index is 1100. The second-order valence-corrected chi connectivity index (χ2v) is 9.88. The van der Waals surface area contributed by atoms with Gasteiger partial charge in [0.1, 0.15) is 17.7 Å². The minimum absolute atomic E-state index is 0.0807. The number of nitrogens with one attached hydrogen (secondary N) is 1. The molecule has 0 fully saturated rings. The van der Waals surface area contributed by atoms with Crippen LogP contribution in [-0.2, 0) is 26.2 Å². The largest absolute Gasteiger partial charge is 0.354 e. The van der Waals surface area contributed by atoms with Gasteiger partial charge in [0.2, 0.25) is 21.8 Å². The summed E-state index contributed by atoms with van der Waals surface area (Å²) in [5.41, 5.74) is 0.156. The van der Waals surface area contributed by atoms with Gasteiger partial charge >= 0.3 is 0 Å². The summed E-state index contributed by atoms with van der Waals surface area (Å²) in [7, 11) is -3.80. The molecule has 2 rings (SSSR count). The van der Waals surface area contributed by atoms with Gasteiger partial charge in [0.25, 0.3) is 0 Å². The van der Waals surface area contributed by atoms with Crippen molar-refractivity contribution >= 4 is 27.5 Å². The molecule has 0 heterocycles. The second-order valence-electron chi connectivity index (χ2n) is 7.97. The third-order valence-corrected chi connectivity index (χ3v) is 6.47. The van der Waals surface area contributed by atoms with Crippen LogP contribution >= 0.6 is 0 Å². The van der Waals surface area contributed by atoms with Gasteiger partial charge in [0, 0.05) is 31.6 Å². The number of carbonyl (C=O) groups is 2. The maximum absolute atomic E-state index is 14.2. The Morgan fingerprint density at radius 2 is 1.65 bits per heavy atom. The van der Waals surface area contributed by atoms with Crippen LogP contribution in [0.2, 0.25) is 0 Å². The van der Waals surface area contributed by atoms with Crippen LogP contribution in [0, 0.1) is 11.6 Å². The number of sulfonamides is 1. The SMILES string of the molecule is CCCNC(=O)C(C)N(Cc1ccccc1F)C(=O)CCCN(c1ccccc1F)S(C)(=O)=O. The lowest BCUT2D eigenvalue weighted by atomic mass is 10.1. The maximum atomic E-state index is 14.2. The predicted octanol–water partition coefficient (Wildman–Crippen LogP) is 3.45. The molecule has 0 radical (unpaired) electrons. The van der Waals surface area contributed by atoms with E-state index in [0.717, 1.165) is 23.0 Å². The van der Waals surface area contributed by atoms with Crippen molar-refractivity contribution in [2.24, 2.45) is 0 Å². The number of anilines is 1. The predicted molar refractivity (Wildman–Crippen MR) is 128 cm³/mol. The monoisotopic (exact) mass is 495 g/mol. The fourth-order valence-electron chi connectivity index (χ4n) is 3.43. The van der Waals surface area contributed by atoms with Crippen molar-refractivity contribution in [1.29, 1.82) is 0 Å². The molecule has 0 bridgehead atoms. The molecule has 0 aliphatic heterocycles. The normalized spacial score (nSPS) is 12.1. The van der Waals surface area contributed by atoms with Crippen molar-refractivity contribution in [1.82, 2.24) is 10.2 Å². The van der Waals surface area contributed by atoms with Gasteiger partial charge in [-0.3, -0.25) is 13.9 Å². The Labute approximate surface area is 199 Å². The van der Waals surface area contributed by atoms with Crippen LogP contribution in [0.3, 0.4) is 0 Å². The first-order chi connectivity index (χ1) is 16.1. The summed E-state index contributed by atoms with van der Waals surface area (Å²) in [4.78, 5) is 26.9. The summed E-state index contributed by atoms with van der Waals surface area (Å²) in [5, 5.41) is 2.73. The number of benzene rings is 2. The molecule has 1 atom stereocenters. The van der Waals surface area contributed by atoms with E-state index in [0.29, 0.717) is 6.54 Å². The van der Waals surface area contributed by atoms with Gasteiger partial charge in [0.05, 0.1) is 11.9 Å². The average Bonchev–Trinajstić information content (AvgIpc) is 2.79. The minimum Gasteiger partial charge on any atom is -0.354 e. The highest BCUT2D eigenvalue weighted by Crippen LogP contribution is 2.22. The summed E-state index contributed by atoms with van der Waals surface area (Å²) in [6.07, 6.45) is 1.65. The summed E-state index contributed by atoms with van der Waals surface area (Å²) >= 11 is 0. The lowest BCUT2D eigenvalue weighted by molar-refractivity contribution is -0.140. The summed E-state index contributed by atoms with van der Waals surface area (Å²) < 4.78 is 53.8. The molecule has 186 valence electrons. The molecule has 0 spiro atoms. The van der Waals surface area contributed by atoms with Gasteiger partial charge in [-0.05, 0) is 38.0 Å². The van der Waals surface area contributed by atoms with Crippen LogP contribution in [0.5, 0.6) is 0 Å². The quantitative estimate of drug-likeness (QED) is 0.489. The van der Waals surface area contributed by atoms with Crippen LogP contribution in [0.4, 0.5) is 14.5 Å². The van der Waals surface area contributed by atoms with Crippen molar-refractivity contribution < 1.29 is 26.8 Å². The van der Waals surface area contributed by atoms with Crippen molar-refractivity contribution in [3.05, 3.63) is 65.7 Å². The van der Waals surface area contributed by atoms with Crippen molar-refractivity contribution in [2.45, 2.75) is 45.7 Å². The van der Waals surface area contributed by atoms with Crippen molar-refractivity contribution in [3.8, 4) is 0 Å². The highest BCUT2D eigenvalue weighted by atomic mass is 32.2. The molecular formula is C24H31F2N3O4S. The molecule has 10 heteroatoms. The lowest BCUT2D eigenvalue weighted by Crippen LogP contribution is -2.48. The molecule has 2 aromatic rings. The van der Waals surface area contributed by atoms with Crippen LogP contribution in [0.25, 0.3) is 0 Å². The zero-order valence-corrected chi connectivity index (χ0v) is 20.4. The Kier molecular flexibility index (Phi) is 9.97. The zero-order valence-electron chi connectivity index (χ0n) is 19.6. The molecule has 0 aliphatic carbocycles. The van der Waals surface area contributed by atoms with E-state index >= 15 is 0 Å². The average molecular weight is 496 g/mol. The van der Waals surface area contributed by atoms with E-state index in [4.69, 9.17) is 0 Å². The number of nitrogens with zero attached hydrogens (tertiary/aromatic N) is 2. The van der Waals surface area contributed by atoms with Crippen molar-refractivity contribution in [2.75, 3.05) is 23.7 Å². The van der Waals surface area contributed by atoms with E-state index in [1.807, 2.05) is 6.92 Å². The molecule has 2 aromatic carbocycles. The van der Waals surface area contributed by atoms with Gasteiger partial charge in [-0.2, -0.15) is 0 Å².